The summed E-state index contributed by atoms with van der Waals surface area (Å²) in [6, 6.07) is 3.80. The van der Waals surface area contributed by atoms with Crippen molar-refractivity contribution >= 4 is 11.9 Å². The zero-order valence-corrected chi connectivity index (χ0v) is 15.7. The van der Waals surface area contributed by atoms with Crippen LogP contribution >= 0.6 is 0 Å². The third-order valence-electron chi connectivity index (χ3n) is 5.18. The summed E-state index contributed by atoms with van der Waals surface area (Å²) in [5.41, 5.74) is 0. The maximum Gasteiger partial charge on any atom is 0.225 e. The minimum absolute atomic E-state index is 0.316. The maximum absolute atomic E-state index is 12.3. The molecule has 1 saturated carbocycles. The molecule has 144 valence electrons. The molecule has 7 heteroatoms. The molecule has 0 unspecified atom stereocenters. The highest BCUT2D eigenvalue weighted by atomic mass is 16.3. The fraction of sp³-hybridized carbons (Fsp3) is 0.684. The highest BCUT2D eigenvalue weighted by molar-refractivity contribution is 5.80. The number of carbonyl (C=O) groups is 1. The molecule has 2 heterocycles. The van der Waals surface area contributed by atoms with Crippen LogP contribution < -0.4 is 10.6 Å². The molecule has 2 N–H and O–H groups in total. The van der Waals surface area contributed by atoms with Gasteiger partial charge in [-0.2, -0.15) is 0 Å². The van der Waals surface area contributed by atoms with Gasteiger partial charge in [-0.1, -0.05) is 6.42 Å². The molecule has 1 aromatic heterocycles. The molecular weight excluding hydrogens is 330 g/mol. The van der Waals surface area contributed by atoms with Gasteiger partial charge < -0.3 is 20.0 Å². The zero-order valence-electron chi connectivity index (χ0n) is 15.7. The second-order valence-corrected chi connectivity index (χ2v) is 7.00. The molecule has 7 nitrogen and oxygen atoms in total. The van der Waals surface area contributed by atoms with Gasteiger partial charge in [-0.25, -0.2) is 4.99 Å². The highest BCUT2D eigenvalue weighted by Crippen LogP contribution is 2.28. The molecule has 0 aromatic carbocycles. The Labute approximate surface area is 155 Å². The number of rotatable bonds is 7. The predicted molar refractivity (Wildman–Crippen MR) is 102 cm³/mol. The van der Waals surface area contributed by atoms with Gasteiger partial charge in [-0.15, -0.1) is 0 Å². The SMILES string of the molecule is CCNC(=NCc1ccco1)NCCN1CCN(C(=O)C2CCC2)CC1. The minimum atomic E-state index is 0.316. The van der Waals surface area contributed by atoms with Crippen LogP contribution in [0.15, 0.2) is 27.8 Å². The van der Waals surface area contributed by atoms with Crippen LogP contribution in [-0.2, 0) is 11.3 Å². The average Bonchev–Trinajstić information content (AvgIpc) is 3.12. The van der Waals surface area contributed by atoms with E-state index >= 15 is 0 Å². The normalized spacial score (nSPS) is 19.3. The number of nitrogens with one attached hydrogen (secondary N) is 2. The first-order valence-electron chi connectivity index (χ1n) is 9.82. The topological polar surface area (TPSA) is 73.1 Å². The van der Waals surface area contributed by atoms with Crippen molar-refractivity contribution < 1.29 is 9.21 Å². The molecule has 26 heavy (non-hydrogen) atoms. The van der Waals surface area contributed by atoms with E-state index in [9.17, 15) is 4.79 Å². The van der Waals surface area contributed by atoms with Crippen molar-refractivity contribution in [1.29, 1.82) is 0 Å². The van der Waals surface area contributed by atoms with E-state index in [4.69, 9.17) is 4.42 Å². The lowest BCUT2D eigenvalue weighted by Gasteiger charge is -2.38. The Morgan fingerprint density at radius 1 is 1.27 bits per heavy atom. The van der Waals surface area contributed by atoms with E-state index in [1.165, 1.54) is 6.42 Å². The monoisotopic (exact) mass is 361 g/mol. The van der Waals surface area contributed by atoms with Crippen molar-refractivity contribution in [1.82, 2.24) is 20.4 Å². The summed E-state index contributed by atoms with van der Waals surface area (Å²) in [5, 5.41) is 6.63. The van der Waals surface area contributed by atoms with E-state index in [2.05, 4.69) is 32.3 Å². The average molecular weight is 361 g/mol. The number of hydrogen-bond donors (Lipinski definition) is 2. The van der Waals surface area contributed by atoms with E-state index in [0.29, 0.717) is 18.4 Å². The molecule has 0 spiro atoms. The predicted octanol–water partition coefficient (Wildman–Crippen LogP) is 1.28. The van der Waals surface area contributed by atoms with Crippen LogP contribution in [0.25, 0.3) is 0 Å². The molecule has 1 aliphatic heterocycles. The number of nitrogens with zero attached hydrogens (tertiary/aromatic N) is 3. The van der Waals surface area contributed by atoms with E-state index < -0.39 is 0 Å². The number of aliphatic imine (C=N–C) groups is 1. The fourth-order valence-electron chi connectivity index (χ4n) is 3.34. The van der Waals surface area contributed by atoms with Gasteiger partial charge in [0.15, 0.2) is 5.96 Å². The van der Waals surface area contributed by atoms with Gasteiger partial charge in [0.05, 0.1) is 6.26 Å². The van der Waals surface area contributed by atoms with Gasteiger partial charge in [-0.3, -0.25) is 9.69 Å². The number of carbonyl (C=O) groups excluding carboxylic acids is 1. The van der Waals surface area contributed by atoms with E-state index in [1.54, 1.807) is 6.26 Å². The first-order valence-corrected chi connectivity index (χ1v) is 9.82. The number of hydrogen-bond acceptors (Lipinski definition) is 4. The summed E-state index contributed by atoms with van der Waals surface area (Å²) in [5.74, 6) is 2.36. The summed E-state index contributed by atoms with van der Waals surface area (Å²) >= 11 is 0. The van der Waals surface area contributed by atoms with Crippen LogP contribution in [0.4, 0.5) is 0 Å². The van der Waals surface area contributed by atoms with Crippen LogP contribution in [0, 0.1) is 5.92 Å². The Hall–Kier alpha value is -2.02. The van der Waals surface area contributed by atoms with Gasteiger partial charge in [0.25, 0.3) is 0 Å². The highest BCUT2D eigenvalue weighted by Gasteiger charge is 2.30. The fourth-order valence-corrected chi connectivity index (χ4v) is 3.34. The van der Waals surface area contributed by atoms with Crippen molar-refractivity contribution in [3.63, 3.8) is 0 Å². The molecule has 3 rings (SSSR count). The van der Waals surface area contributed by atoms with Crippen LogP contribution in [-0.4, -0.2) is 67.5 Å². The smallest absolute Gasteiger partial charge is 0.225 e. The lowest BCUT2D eigenvalue weighted by atomic mass is 9.84. The molecule has 1 aliphatic carbocycles. The van der Waals surface area contributed by atoms with Gasteiger partial charge in [-0.05, 0) is 31.9 Å². The Balaban J connectivity index is 1.35. The number of furan rings is 1. The van der Waals surface area contributed by atoms with Crippen molar-refractivity contribution in [3.05, 3.63) is 24.2 Å². The van der Waals surface area contributed by atoms with Gasteiger partial charge in [0, 0.05) is 51.7 Å². The largest absolute Gasteiger partial charge is 0.467 e. The second kappa shape index (κ2) is 9.62. The molecule has 1 aromatic rings. The molecule has 1 saturated heterocycles. The molecular formula is C19H31N5O2. The number of piperazine rings is 1. The molecule has 2 aliphatic rings. The lowest BCUT2D eigenvalue weighted by Crippen LogP contribution is -2.52. The Bertz CT molecular complexity index is 575. The minimum Gasteiger partial charge on any atom is -0.467 e. The van der Waals surface area contributed by atoms with Crippen LogP contribution in [0.1, 0.15) is 31.9 Å². The molecule has 1 amide bonds. The standard InChI is InChI=1S/C19H31N5O2/c1-2-20-19(22-15-17-7-4-14-26-17)21-8-9-23-10-12-24(13-11-23)18(25)16-5-3-6-16/h4,7,14,16H,2-3,5-6,8-13,15H2,1H3,(H2,20,21,22). The quantitative estimate of drug-likeness (QED) is 0.565. The Kier molecular flexibility index (Phi) is 6.94. The zero-order chi connectivity index (χ0) is 18.2. The summed E-state index contributed by atoms with van der Waals surface area (Å²) in [6.45, 7) is 8.85. The third-order valence-corrected chi connectivity index (χ3v) is 5.18. The molecule has 0 bridgehead atoms. The number of amides is 1. The van der Waals surface area contributed by atoms with Crippen LogP contribution in [0.3, 0.4) is 0 Å². The van der Waals surface area contributed by atoms with E-state index in [0.717, 1.165) is 70.4 Å². The summed E-state index contributed by atoms with van der Waals surface area (Å²) in [7, 11) is 0. The van der Waals surface area contributed by atoms with E-state index in [-0.39, 0.29) is 0 Å². The second-order valence-electron chi connectivity index (χ2n) is 7.00. The Morgan fingerprint density at radius 3 is 2.69 bits per heavy atom. The van der Waals surface area contributed by atoms with Crippen LogP contribution in [0.2, 0.25) is 0 Å². The molecule has 2 fully saturated rings. The van der Waals surface area contributed by atoms with Crippen LogP contribution in [0.5, 0.6) is 0 Å². The van der Waals surface area contributed by atoms with Crippen molar-refractivity contribution in [3.8, 4) is 0 Å². The van der Waals surface area contributed by atoms with Crippen molar-refractivity contribution in [2.24, 2.45) is 10.9 Å². The van der Waals surface area contributed by atoms with E-state index in [1.807, 2.05) is 12.1 Å². The lowest BCUT2D eigenvalue weighted by molar-refractivity contribution is -0.139. The van der Waals surface area contributed by atoms with Gasteiger partial charge in [0.1, 0.15) is 12.3 Å². The Morgan fingerprint density at radius 2 is 2.08 bits per heavy atom. The summed E-state index contributed by atoms with van der Waals surface area (Å²) in [6.07, 6.45) is 5.07. The molecule has 0 atom stereocenters. The first-order chi connectivity index (χ1) is 12.8. The summed E-state index contributed by atoms with van der Waals surface area (Å²) in [4.78, 5) is 21.3. The first kappa shape index (κ1) is 18.8. The maximum atomic E-state index is 12.3. The van der Waals surface area contributed by atoms with Gasteiger partial charge >= 0.3 is 0 Å². The number of guanidine groups is 1. The summed E-state index contributed by atoms with van der Waals surface area (Å²) < 4.78 is 5.32. The van der Waals surface area contributed by atoms with Crippen molar-refractivity contribution in [2.75, 3.05) is 45.8 Å². The van der Waals surface area contributed by atoms with Gasteiger partial charge in [0.2, 0.25) is 5.91 Å². The third kappa shape index (κ3) is 5.24. The molecule has 0 radical (unpaired) electrons. The van der Waals surface area contributed by atoms with Crippen molar-refractivity contribution in [2.45, 2.75) is 32.7 Å².